The van der Waals surface area contributed by atoms with Crippen LogP contribution < -0.4 is 5.11 Å². The first-order valence-electron chi connectivity index (χ1n) is 11.9. The normalized spacial score (nSPS) is 12.0. The molecule has 0 N–H and O–H groups in total. The zero-order valence-corrected chi connectivity index (χ0v) is 21.2. The highest BCUT2D eigenvalue weighted by atomic mass is 16.5. The predicted molar refractivity (Wildman–Crippen MR) is 133 cm³/mol. The van der Waals surface area contributed by atoms with E-state index in [1.165, 1.54) is 32.6 Å². The lowest BCUT2D eigenvalue weighted by atomic mass is 10.2. The largest absolute Gasteiger partial charge is 0.550 e. The molecule has 0 radical (unpaired) electrons. The van der Waals surface area contributed by atoms with Crippen LogP contribution in [0.15, 0.2) is 48.6 Å². The van der Waals surface area contributed by atoms with Crippen molar-refractivity contribution in [2.75, 3.05) is 34.3 Å². The maximum absolute atomic E-state index is 10.3. The van der Waals surface area contributed by atoms with Crippen LogP contribution in [0.2, 0.25) is 0 Å². The number of nitrogens with zero attached hydrogens (tertiary/aromatic N) is 1. The molecule has 0 amide bonds. The zero-order chi connectivity index (χ0) is 24.5. The Hall–Kier alpha value is -2.14. The van der Waals surface area contributed by atoms with Gasteiger partial charge in [0, 0.05) is 12.9 Å². The molecule has 5 heteroatoms. The van der Waals surface area contributed by atoms with Crippen LogP contribution in [0.3, 0.4) is 0 Å². The molecule has 0 bridgehead atoms. The minimum absolute atomic E-state index is 0.151. The van der Waals surface area contributed by atoms with E-state index in [0.29, 0.717) is 13.0 Å². The fourth-order valence-corrected chi connectivity index (χ4v) is 2.39. The van der Waals surface area contributed by atoms with E-state index in [2.05, 4.69) is 70.6 Å². The number of quaternary nitrogens is 1. The molecule has 0 saturated carbocycles. The molecule has 0 aromatic rings. The fourth-order valence-electron chi connectivity index (χ4n) is 2.39. The Morgan fingerprint density at radius 3 is 1.66 bits per heavy atom. The van der Waals surface area contributed by atoms with Crippen molar-refractivity contribution in [3.63, 3.8) is 0 Å². The van der Waals surface area contributed by atoms with E-state index in [-0.39, 0.29) is 12.4 Å². The van der Waals surface area contributed by atoms with Crippen LogP contribution in [-0.2, 0) is 14.3 Å². The van der Waals surface area contributed by atoms with E-state index in [4.69, 9.17) is 4.74 Å². The van der Waals surface area contributed by atoms with Crippen molar-refractivity contribution in [1.29, 1.82) is 0 Å². The van der Waals surface area contributed by atoms with Gasteiger partial charge >= 0.3 is 5.97 Å². The maximum atomic E-state index is 10.3. The van der Waals surface area contributed by atoms with Gasteiger partial charge in [0.05, 0.1) is 21.1 Å². The Kier molecular flexibility index (Phi) is 23.6. The Labute approximate surface area is 197 Å². The first kappa shape index (κ1) is 32.0. The molecule has 32 heavy (non-hydrogen) atoms. The third-order valence-corrected chi connectivity index (χ3v) is 4.28. The molecule has 0 aliphatic heterocycles. The SMILES string of the molecule is CC(=O)OCC[N+](C)(C)C.CCCCC/C=C\C/C=C\C/C=C\C/C=C\CCCC(=O)[O-]. The number of carboxylic acids is 1. The molecule has 0 heterocycles. The average molecular weight is 450 g/mol. The summed E-state index contributed by atoms with van der Waals surface area (Å²) in [4.78, 5) is 20.5. The summed E-state index contributed by atoms with van der Waals surface area (Å²) in [7, 11) is 6.18. The fraction of sp³-hybridized carbons (Fsp3) is 0.630. The van der Waals surface area contributed by atoms with E-state index in [0.717, 1.165) is 36.7 Å². The van der Waals surface area contributed by atoms with Crippen LogP contribution in [0.4, 0.5) is 0 Å². The molecule has 0 rings (SSSR count). The minimum atomic E-state index is -0.962. The van der Waals surface area contributed by atoms with Crippen molar-refractivity contribution < 1.29 is 23.9 Å². The van der Waals surface area contributed by atoms with E-state index < -0.39 is 5.97 Å². The summed E-state index contributed by atoms with van der Waals surface area (Å²) in [5.41, 5.74) is 0. The highest BCUT2D eigenvalue weighted by Gasteiger charge is 2.06. The summed E-state index contributed by atoms with van der Waals surface area (Å²) in [6.07, 6.45) is 27.0. The number of carbonyl (C=O) groups excluding carboxylic acids is 2. The van der Waals surface area contributed by atoms with Crippen molar-refractivity contribution in [2.45, 2.75) is 78.1 Å². The van der Waals surface area contributed by atoms with E-state index >= 15 is 0 Å². The lowest BCUT2D eigenvalue weighted by Crippen LogP contribution is -2.37. The maximum Gasteiger partial charge on any atom is 0.302 e. The van der Waals surface area contributed by atoms with Crippen LogP contribution >= 0.6 is 0 Å². The molecular weight excluding hydrogens is 402 g/mol. The number of hydrogen-bond acceptors (Lipinski definition) is 4. The number of esters is 1. The third-order valence-electron chi connectivity index (χ3n) is 4.28. The second-order valence-corrected chi connectivity index (χ2v) is 8.71. The molecular formula is C27H47NO4. The number of unbranched alkanes of at least 4 members (excludes halogenated alkanes) is 4. The zero-order valence-electron chi connectivity index (χ0n) is 21.2. The van der Waals surface area contributed by atoms with Crippen molar-refractivity contribution in [3.8, 4) is 0 Å². The molecule has 0 fully saturated rings. The van der Waals surface area contributed by atoms with E-state index in [1.54, 1.807) is 0 Å². The summed E-state index contributed by atoms with van der Waals surface area (Å²) in [5, 5.41) is 10.2. The van der Waals surface area contributed by atoms with Crippen LogP contribution in [0, 0.1) is 0 Å². The second kappa shape index (κ2) is 23.5. The number of likely N-dealkylation sites (N-methyl/N-ethyl adjacent to an activating group) is 1. The monoisotopic (exact) mass is 449 g/mol. The van der Waals surface area contributed by atoms with Gasteiger partial charge in [0.15, 0.2) is 0 Å². The lowest BCUT2D eigenvalue weighted by Gasteiger charge is -2.23. The summed E-state index contributed by atoms with van der Waals surface area (Å²) in [6.45, 7) is 5.03. The molecule has 0 spiro atoms. The van der Waals surface area contributed by atoms with E-state index in [9.17, 15) is 14.7 Å². The Morgan fingerprint density at radius 1 is 0.781 bits per heavy atom. The Balaban J connectivity index is 0. The summed E-state index contributed by atoms with van der Waals surface area (Å²) < 4.78 is 5.59. The van der Waals surface area contributed by atoms with Gasteiger partial charge in [-0.15, -0.1) is 0 Å². The van der Waals surface area contributed by atoms with Gasteiger partial charge in [-0.05, 0) is 51.4 Å². The lowest BCUT2D eigenvalue weighted by molar-refractivity contribution is -0.870. The standard InChI is InChI=1S/C20H32O2.C7H16NO2/c1-2-3-4-5-6-7-8-9-10-11-12-13-14-15-16-17-18-19-20(21)22;1-7(9)10-6-5-8(2,3)4/h6-7,9-10,12-13,15-16H,2-5,8,11,14,17-19H2,1H3,(H,21,22);5-6H2,1-4H3/q;+1/p-1/b7-6-,10-9-,13-12-,16-15-;. The van der Waals surface area contributed by atoms with Gasteiger partial charge in [-0.25, -0.2) is 0 Å². The summed E-state index contributed by atoms with van der Waals surface area (Å²) in [5.74, 6) is -1.16. The Morgan fingerprint density at radius 2 is 1.25 bits per heavy atom. The van der Waals surface area contributed by atoms with Crippen LogP contribution in [0.1, 0.15) is 78.1 Å². The predicted octanol–water partition coefficient (Wildman–Crippen LogP) is 5.14. The van der Waals surface area contributed by atoms with Crippen molar-refractivity contribution in [1.82, 2.24) is 0 Å². The van der Waals surface area contributed by atoms with Gasteiger partial charge in [-0.3, -0.25) is 4.79 Å². The number of rotatable bonds is 17. The number of carboxylic acid groups (broad SMARTS) is 1. The topological polar surface area (TPSA) is 66.4 Å². The van der Waals surface area contributed by atoms with Crippen LogP contribution in [0.25, 0.3) is 0 Å². The van der Waals surface area contributed by atoms with Crippen molar-refractivity contribution in [3.05, 3.63) is 48.6 Å². The van der Waals surface area contributed by atoms with Crippen molar-refractivity contribution in [2.24, 2.45) is 0 Å². The molecule has 0 aliphatic rings. The number of aliphatic carboxylic acids is 1. The first-order chi connectivity index (χ1) is 15.2. The van der Waals surface area contributed by atoms with Gasteiger partial charge in [0.25, 0.3) is 0 Å². The number of allylic oxidation sites excluding steroid dienone is 8. The minimum Gasteiger partial charge on any atom is -0.550 e. The molecule has 0 unspecified atom stereocenters. The summed E-state index contributed by atoms with van der Waals surface area (Å²) in [6, 6.07) is 0. The first-order valence-corrected chi connectivity index (χ1v) is 11.9. The third kappa shape index (κ3) is 35.3. The van der Waals surface area contributed by atoms with Crippen LogP contribution in [0.5, 0.6) is 0 Å². The second-order valence-electron chi connectivity index (χ2n) is 8.71. The molecule has 184 valence electrons. The number of carbonyl (C=O) groups is 2. The molecule has 0 saturated heterocycles. The number of ether oxygens (including phenoxy) is 1. The smallest absolute Gasteiger partial charge is 0.302 e. The average Bonchev–Trinajstić information content (AvgIpc) is 2.69. The van der Waals surface area contributed by atoms with E-state index in [1.807, 2.05) is 6.08 Å². The molecule has 0 aromatic heterocycles. The molecule has 0 aliphatic carbocycles. The molecule has 0 aromatic carbocycles. The summed E-state index contributed by atoms with van der Waals surface area (Å²) >= 11 is 0. The molecule has 5 nitrogen and oxygen atoms in total. The number of hydrogen-bond donors (Lipinski definition) is 0. The highest BCUT2D eigenvalue weighted by molar-refractivity contribution is 5.65. The highest BCUT2D eigenvalue weighted by Crippen LogP contribution is 2.01. The van der Waals surface area contributed by atoms with Gasteiger partial charge in [0.2, 0.25) is 0 Å². The van der Waals surface area contributed by atoms with Gasteiger partial charge in [-0.2, -0.15) is 0 Å². The quantitative estimate of drug-likeness (QED) is 0.133. The van der Waals surface area contributed by atoms with Gasteiger partial charge < -0.3 is 19.1 Å². The van der Waals surface area contributed by atoms with Gasteiger partial charge in [0.1, 0.15) is 13.2 Å². The van der Waals surface area contributed by atoms with Crippen molar-refractivity contribution >= 4 is 11.9 Å². The van der Waals surface area contributed by atoms with Crippen LogP contribution in [-0.4, -0.2) is 50.7 Å². The van der Waals surface area contributed by atoms with Gasteiger partial charge in [-0.1, -0.05) is 68.4 Å². The Bertz CT molecular complexity index is 569. The molecule has 0 atom stereocenters.